The summed E-state index contributed by atoms with van der Waals surface area (Å²) in [6.07, 6.45) is 2.33. The maximum Gasteiger partial charge on any atom is 0.290 e. The zero-order chi connectivity index (χ0) is 26.0. The number of carbonyl (C=O) groups excluding carboxylic acids is 1. The molecule has 1 atom stereocenters. The third-order valence-corrected chi connectivity index (χ3v) is 7.54. The van der Waals surface area contributed by atoms with Crippen molar-refractivity contribution in [2.75, 3.05) is 21.3 Å². The summed E-state index contributed by atoms with van der Waals surface area (Å²) < 4.78 is 22.6. The van der Waals surface area contributed by atoms with Gasteiger partial charge in [-0.2, -0.15) is 0 Å². The van der Waals surface area contributed by atoms with E-state index in [1.165, 1.54) is 11.1 Å². The lowest BCUT2D eigenvalue weighted by molar-refractivity contribution is 0.0623. The van der Waals surface area contributed by atoms with Crippen molar-refractivity contribution in [2.45, 2.75) is 65.0 Å². The van der Waals surface area contributed by atoms with E-state index in [2.05, 4.69) is 39.8 Å². The lowest BCUT2D eigenvalue weighted by atomic mass is 9.81. The maximum atomic E-state index is 13.5. The van der Waals surface area contributed by atoms with Crippen LogP contribution >= 0.6 is 0 Å². The summed E-state index contributed by atoms with van der Waals surface area (Å²) in [5.74, 6) is 3.17. The van der Waals surface area contributed by atoms with Crippen molar-refractivity contribution in [3.8, 4) is 17.2 Å². The quantitative estimate of drug-likeness (QED) is 0.377. The summed E-state index contributed by atoms with van der Waals surface area (Å²) in [6.45, 7) is 9.24. The van der Waals surface area contributed by atoms with E-state index in [4.69, 9.17) is 18.6 Å². The molecule has 4 rings (SSSR count). The fourth-order valence-electron chi connectivity index (χ4n) is 4.80. The van der Waals surface area contributed by atoms with Gasteiger partial charge in [0.1, 0.15) is 11.5 Å². The molecule has 192 valence electrons. The van der Waals surface area contributed by atoms with Crippen LogP contribution in [0.25, 0.3) is 0 Å². The second kappa shape index (κ2) is 10.3. The van der Waals surface area contributed by atoms with Crippen LogP contribution in [0.1, 0.15) is 72.7 Å². The molecule has 0 radical (unpaired) electrons. The molecule has 2 heterocycles. The SMILES string of the molecule is CCC(C)(C)c1ccc(OC)c(Cc2ccc(C(=O)N3Cc4cc(OC)c(OC)cc4CC3C)o2)c1. The zero-order valence-corrected chi connectivity index (χ0v) is 22.4. The molecule has 2 aromatic carbocycles. The molecular weight excluding hydrogens is 454 g/mol. The third kappa shape index (κ3) is 4.95. The molecule has 6 nitrogen and oxygen atoms in total. The van der Waals surface area contributed by atoms with Gasteiger partial charge in [-0.3, -0.25) is 4.79 Å². The predicted octanol–water partition coefficient (Wildman–Crippen LogP) is 6.17. The number of methoxy groups -OCH3 is 3. The summed E-state index contributed by atoms with van der Waals surface area (Å²) >= 11 is 0. The minimum atomic E-state index is -0.109. The van der Waals surface area contributed by atoms with E-state index in [1.54, 1.807) is 27.4 Å². The van der Waals surface area contributed by atoms with Gasteiger partial charge in [0.15, 0.2) is 17.3 Å². The average molecular weight is 492 g/mol. The van der Waals surface area contributed by atoms with E-state index < -0.39 is 0 Å². The Morgan fingerprint density at radius 2 is 1.64 bits per heavy atom. The minimum absolute atomic E-state index is 0.0321. The van der Waals surface area contributed by atoms with Crippen molar-refractivity contribution >= 4 is 5.91 Å². The van der Waals surface area contributed by atoms with E-state index in [0.717, 1.165) is 35.5 Å². The molecule has 1 aliphatic rings. The Kier molecular flexibility index (Phi) is 7.34. The predicted molar refractivity (Wildman–Crippen MR) is 140 cm³/mol. The van der Waals surface area contributed by atoms with Gasteiger partial charge >= 0.3 is 0 Å². The highest BCUT2D eigenvalue weighted by Crippen LogP contribution is 2.36. The Hall–Kier alpha value is -3.41. The lowest BCUT2D eigenvalue weighted by Gasteiger charge is -2.34. The molecule has 1 aromatic heterocycles. The van der Waals surface area contributed by atoms with Crippen molar-refractivity contribution in [1.82, 2.24) is 4.90 Å². The molecule has 6 heteroatoms. The molecule has 0 N–H and O–H groups in total. The normalized spacial score (nSPS) is 15.4. The summed E-state index contributed by atoms with van der Waals surface area (Å²) in [4.78, 5) is 15.3. The summed E-state index contributed by atoms with van der Waals surface area (Å²) in [7, 11) is 4.94. The molecule has 36 heavy (non-hydrogen) atoms. The highest BCUT2D eigenvalue weighted by Gasteiger charge is 2.30. The summed E-state index contributed by atoms with van der Waals surface area (Å²) in [5, 5.41) is 0. The summed E-state index contributed by atoms with van der Waals surface area (Å²) in [6, 6.07) is 14.0. The standard InChI is InChI=1S/C30H37NO5/c1-8-30(3,4)23-9-11-25(33-5)21(14-23)15-24-10-12-26(36-24)29(32)31-18-22-17-28(35-7)27(34-6)16-20(22)13-19(31)2/h9-12,14,16-17,19H,8,13,15,18H2,1-7H3. The highest BCUT2D eigenvalue weighted by molar-refractivity contribution is 5.92. The maximum absolute atomic E-state index is 13.5. The van der Waals surface area contributed by atoms with Crippen LogP contribution in [0, 0.1) is 0 Å². The van der Waals surface area contributed by atoms with Gasteiger partial charge in [-0.15, -0.1) is 0 Å². The smallest absolute Gasteiger partial charge is 0.290 e. The molecule has 1 amide bonds. The number of fused-ring (bicyclic) bond motifs is 1. The van der Waals surface area contributed by atoms with E-state index >= 15 is 0 Å². The van der Waals surface area contributed by atoms with Crippen LogP contribution in [0.3, 0.4) is 0 Å². The van der Waals surface area contributed by atoms with Crippen LogP contribution in [-0.4, -0.2) is 38.2 Å². The Morgan fingerprint density at radius 1 is 0.972 bits per heavy atom. The summed E-state index contributed by atoms with van der Waals surface area (Å²) in [5.41, 5.74) is 4.61. The second-order valence-corrected chi connectivity index (χ2v) is 10.2. The Bertz CT molecular complexity index is 1240. The van der Waals surface area contributed by atoms with E-state index in [-0.39, 0.29) is 17.4 Å². The first-order valence-electron chi connectivity index (χ1n) is 12.5. The first kappa shape index (κ1) is 25.7. The van der Waals surface area contributed by atoms with Crippen LogP contribution in [0.5, 0.6) is 17.2 Å². The van der Waals surface area contributed by atoms with E-state index in [0.29, 0.717) is 30.2 Å². The molecule has 0 saturated heterocycles. The van der Waals surface area contributed by atoms with Crippen LogP contribution in [-0.2, 0) is 24.8 Å². The van der Waals surface area contributed by atoms with Crippen molar-refractivity contribution < 1.29 is 23.4 Å². The third-order valence-electron chi connectivity index (χ3n) is 7.54. The molecule has 0 fully saturated rings. The van der Waals surface area contributed by atoms with Crippen molar-refractivity contribution in [1.29, 1.82) is 0 Å². The molecule has 1 unspecified atom stereocenters. The lowest BCUT2D eigenvalue weighted by Crippen LogP contribution is -2.42. The molecular formula is C30H37NO5. The number of nitrogens with zero attached hydrogens (tertiary/aromatic N) is 1. The van der Waals surface area contributed by atoms with Gasteiger partial charge in [0.25, 0.3) is 5.91 Å². The molecule has 1 aliphatic heterocycles. The number of hydrogen-bond donors (Lipinski definition) is 0. The highest BCUT2D eigenvalue weighted by atomic mass is 16.5. The Labute approximate surface area is 214 Å². The molecule has 0 spiro atoms. The number of amides is 1. The van der Waals surface area contributed by atoms with Gasteiger partial charge in [-0.25, -0.2) is 0 Å². The van der Waals surface area contributed by atoms with Crippen molar-refractivity contribution in [3.05, 3.63) is 76.2 Å². The Balaban J connectivity index is 1.55. The molecule has 0 bridgehead atoms. The van der Waals surface area contributed by atoms with Gasteiger partial charge in [-0.1, -0.05) is 32.9 Å². The second-order valence-electron chi connectivity index (χ2n) is 10.2. The van der Waals surface area contributed by atoms with Gasteiger partial charge in [-0.05, 0) is 72.2 Å². The van der Waals surface area contributed by atoms with E-state index in [9.17, 15) is 4.79 Å². The Morgan fingerprint density at radius 3 is 2.28 bits per heavy atom. The topological polar surface area (TPSA) is 61.1 Å². The number of rotatable bonds is 8. The van der Waals surface area contributed by atoms with Crippen molar-refractivity contribution in [2.24, 2.45) is 0 Å². The number of furan rings is 1. The number of ether oxygens (including phenoxy) is 3. The van der Waals surface area contributed by atoms with E-state index in [1.807, 2.05) is 29.2 Å². The van der Waals surface area contributed by atoms with Gasteiger partial charge in [0.05, 0.1) is 21.3 Å². The van der Waals surface area contributed by atoms with Crippen LogP contribution in [0.2, 0.25) is 0 Å². The van der Waals surface area contributed by atoms with Gasteiger partial charge in [0.2, 0.25) is 0 Å². The molecule has 3 aromatic rings. The van der Waals surface area contributed by atoms with Crippen LogP contribution in [0.4, 0.5) is 0 Å². The van der Waals surface area contributed by atoms with Crippen LogP contribution < -0.4 is 14.2 Å². The largest absolute Gasteiger partial charge is 0.496 e. The monoisotopic (exact) mass is 491 g/mol. The minimum Gasteiger partial charge on any atom is -0.496 e. The first-order valence-corrected chi connectivity index (χ1v) is 12.5. The van der Waals surface area contributed by atoms with Gasteiger partial charge < -0.3 is 23.5 Å². The fraction of sp³-hybridized carbons (Fsp3) is 0.433. The number of hydrogen-bond acceptors (Lipinski definition) is 5. The number of carbonyl (C=O) groups is 1. The zero-order valence-electron chi connectivity index (χ0n) is 22.4. The average Bonchev–Trinajstić information content (AvgIpc) is 3.35. The van der Waals surface area contributed by atoms with Crippen molar-refractivity contribution in [3.63, 3.8) is 0 Å². The first-order chi connectivity index (χ1) is 17.2. The molecule has 0 aliphatic carbocycles. The fourth-order valence-corrected chi connectivity index (χ4v) is 4.80. The molecule has 0 saturated carbocycles. The number of benzene rings is 2. The van der Waals surface area contributed by atoms with Crippen LogP contribution in [0.15, 0.2) is 46.9 Å². The van der Waals surface area contributed by atoms with Gasteiger partial charge in [0, 0.05) is 24.6 Å².